The van der Waals surface area contributed by atoms with Gasteiger partial charge in [-0.25, -0.2) is 4.79 Å². The lowest BCUT2D eigenvalue weighted by molar-refractivity contribution is 0.194. The number of nitrogens with zero attached hydrogens (tertiary/aromatic N) is 2. The molecule has 4 heteroatoms. The summed E-state index contributed by atoms with van der Waals surface area (Å²) in [6.07, 6.45) is 2.45. The van der Waals surface area contributed by atoms with Gasteiger partial charge in [0.05, 0.1) is 11.0 Å². The Morgan fingerprint density at radius 3 is 3.06 bits per heavy atom. The summed E-state index contributed by atoms with van der Waals surface area (Å²) >= 11 is 0. The summed E-state index contributed by atoms with van der Waals surface area (Å²) in [4.78, 5) is 17.3. The van der Waals surface area contributed by atoms with Crippen LogP contribution in [0.4, 0.5) is 0 Å². The molecule has 1 aromatic carbocycles. The zero-order valence-electron chi connectivity index (χ0n) is 10.7. The van der Waals surface area contributed by atoms with Gasteiger partial charge >= 0.3 is 5.69 Å². The summed E-state index contributed by atoms with van der Waals surface area (Å²) in [7, 11) is 2.16. The lowest BCUT2D eigenvalue weighted by Crippen LogP contribution is -2.35. The maximum absolute atomic E-state index is 12.0. The number of hydrogen-bond donors (Lipinski definition) is 1. The minimum atomic E-state index is 0.0180. The smallest absolute Gasteiger partial charge is 0.306 e. The first-order chi connectivity index (χ1) is 8.74. The molecule has 1 unspecified atom stereocenters. The van der Waals surface area contributed by atoms with Crippen molar-refractivity contribution >= 4 is 11.0 Å². The fraction of sp³-hybridized carbons (Fsp3) is 0.500. The summed E-state index contributed by atoms with van der Waals surface area (Å²) in [6, 6.07) is 7.91. The highest BCUT2D eigenvalue weighted by atomic mass is 16.1. The molecule has 96 valence electrons. The van der Waals surface area contributed by atoms with Gasteiger partial charge in [-0.3, -0.25) is 4.57 Å². The molecule has 2 heterocycles. The summed E-state index contributed by atoms with van der Waals surface area (Å²) in [5.74, 6) is 0.584. The Labute approximate surface area is 106 Å². The molecule has 0 aliphatic carbocycles. The molecule has 1 saturated heterocycles. The normalized spacial score (nSPS) is 21.5. The molecule has 1 aliphatic rings. The van der Waals surface area contributed by atoms with Crippen molar-refractivity contribution in [2.75, 3.05) is 20.1 Å². The van der Waals surface area contributed by atoms with Crippen LogP contribution in [0.3, 0.4) is 0 Å². The topological polar surface area (TPSA) is 41.0 Å². The molecular formula is C14H19N3O. The molecule has 0 radical (unpaired) electrons. The van der Waals surface area contributed by atoms with E-state index in [1.165, 1.54) is 19.4 Å². The van der Waals surface area contributed by atoms with Gasteiger partial charge in [0, 0.05) is 13.1 Å². The third-order valence-corrected chi connectivity index (χ3v) is 3.84. The molecule has 1 aromatic heterocycles. The van der Waals surface area contributed by atoms with Crippen molar-refractivity contribution < 1.29 is 0 Å². The molecule has 0 saturated carbocycles. The fourth-order valence-electron chi connectivity index (χ4n) is 2.97. The highest BCUT2D eigenvalue weighted by Crippen LogP contribution is 2.18. The average molecular weight is 245 g/mol. The van der Waals surface area contributed by atoms with E-state index in [-0.39, 0.29) is 5.69 Å². The number of likely N-dealkylation sites (tertiary alicyclic amines) is 1. The predicted octanol–water partition coefficient (Wildman–Crippen LogP) is 1.67. The van der Waals surface area contributed by atoms with Gasteiger partial charge in [0.15, 0.2) is 0 Å². The molecule has 0 spiro atoms. The molecule has 0 bridgehead atoms. The minimum absolute atomic E-state index is 0.0180. The van der Waals surface area contributed by atoms with E-state index in [0.717, 1.165) is 24.1 Å². The van der Waals surface area contributed by atoms with E-state index in [1.54, 1.807) is 0 Å². The Kier molecular flexibility index (Phi) is 2.96. The van der Waals surface area contributed by atoms with Crippen LogP contribution in [-0.2, 0) is 6.54 Å². The van der Waals surface area contributed by atoms with Crippen molar-refractivity contribution in [3.8, 4) is 0 Å². The van der Waals surface area contributed by atoms with E-state index in [2.05, 4.69) is 16.9 Å². The zero-order valence-corrected chi connectivity index (χ0v) is 10.7. The Morgan fingerprint density at radius 1 is 1.39 bits per heavy atom. The summed E-state index contributed by atoms with van der Waals surface area (Å²) in [5, 5.41) is 0. The maximum Gasteiger partial charge on any atom is 0.326 e. The monoisotopic (exact) mass is 245 g/mol. The number of imidazole rings is 1. The minimum Gasteiger partial charge on any atom is -0.306 e. The number of nitrogens with one attached hydrogen (secondary N) is 1. The number of rotatable bonds is 2. The van der Waals surface area contributed by atoms with Crippen LogP contribution in [0.15, 0.2) is 29.1 Å². The number of benzene rings is 1. The van der Waals surface area contributed by atoms with E-state index >= 15 is 0 Å². The first-order valence-electron chi connectivity index (χ1n) is 6.60. The number of piperidine rings is 1. The molecule has 3 rings (SSSR count). The van der Waals surface area contributed by atoms with Crippen molar-refractivity contribution in [1.29, 1.82) is 0 Å². The lowest BCUT2D eigenvalue weighted by Gasteiger charge is -2.29. The van der Waals surface area contributed by atoms with Gasteiger partial charge in [-0.15, -0.1) is 0 Å². The SMILES string of the molecule is CN1CCCC(Cn2c(=O)[nH]c3ccccc32)C1. The van der Waals surface area contributed by atoms with Crippen molar-refractivity contribution in [2.24, 2.45) is 5.92 Å². The zero-order chi connectivity index (χ0) is 12.5. The number of para-hydroxylation sites is 2. The van der Waals surface area contributed by atoms with Gasteiger partial charge in [0.25, 0.3) is 0 Å². The van der Waals surface area contributed by atoms with Gasteiger partial charge in [0.1, 0.15) is 0 Å². The van der Waals surface area contributed by atoms with Crippen LogP contribution in [0.2, 0.25) is 0 Å². The number of aromatic amines is 1. The largest absolute Gasteiger partial charge is 0.326 e. The van der Waals surface area contributed by atoms with Crippen molar-refractivity contribution in [2.45, 2.75) is 19.4 Å². The van der Waals surface area contributed by atoms with Gasteiger partial charge in [-0.2, -0.15) is 0 Å². The first-order valence-corrected chi connectivity index (χ1v) is 6.60. The van der Waals surface area contributed by atoms with E-state index in [1.807, 2.05) is 28.8 Å². The third kappa shape index (κ3) is 2.08. The van der Waals surface area contributed by atoms with E-state index in [9.17, 15) is 4.79 Å². The summed E-state index contributed by atoms with van der Waals surface area (Å²) in [5.41, 5.74) is 1.98. The van der Waals surface area contributed by atoms with Crippen LogP contribution in [0.1, 0.15) is 12.8 Å². The standard InChI is InChI=1S/C14H19N3O/c1-16-8-4-5-11(9-16)10-17-13-7-3-2-6-12(13)15-14(17)18/h2-3,6-7,11H,4-5,8-10H2,1H3,(H,15,18). The first kappa shape index (κ1) is 11.5. The van der Waals surface area contributed by atoms with Gasteiger partial charge in [-0.1, -0.05) is 12.1 Å². The average Bonchev–Trinajstić information content (AvgIpc) is 2.66. The Balaban J connectivity index is 1.90. The van der Waals surface area contributed by atoms with Crippen LogP contribution < -0.4 is 5.69 Å². The van der Waals surface area contributed by atoms with Gasteiger partial charge < -0.3 is 9.88 Å². The summed E-state index contributed by atoms with van der Waals surface area (Å²) in [6.45, 7) is 3.10. The second-order valence-electron chi connectivity index (χ2n) is 5.33. The number of aromatic nitrogens is 2. The molecule has 1 atom stereocenters. The molecule has 0 amide bonds. The van der Waals surface area contributed by atoms with E-state index in [0.29, 0.717) is 5.92 Å². The van der Waals surface area contributed by atoms with Crippen LogP contribution in [0.25, 0.3) is 11.0 Å². The molecule has 1 aliphatic heterocycles. The highest BCUT2D eigenvalue weighted by molar-refractivity contribution is 5.74. The van der Waals surface area contributed by atoms with Crippen LogP contribution >= 0.6 is 0 Å². The number of fused-ring (bicyclic) bond motifs is 1. The molecule has 18 heavy (non-hydrogen) atoms. The van der Waals surface area contributed by atoms with Crippen LogP contribution in [0.5, 0.6) is 0 Å². The quantitative estimate of drug-likeness (QED) is 0.874. The third-order valence-electron chi connectivity index (χ3n) is 3.84. The molecule has 4 nitrogen and oxygen atoms in total. The second kappa shape index (κ2) is 4.61. The Hall–Kier alpha value is -1.55. The Morgan fingerprint density at radius 2 is 2.22 bits per heavy atom. The Bertz CT molecular complexity index is 598. The highest BCUT2D eigenvalue weighted by Gasteiger charge is 2.19. The van der Waals surface area contributed by atoms with Crippen molar-refractivity contribution in [3.05, 3.63) is 34.7 Å². The van der Waals surface area contributed by atoms with Crippen LogP contribution in [-0.4, -0.2) is 34.6 Å². The molecular weight excluding hydrogens is 226 g/mol. The van der Waals surface area contributed by atoms with Gasteiger partial charge in [-0.05, 0) is 44.5 Å². The molecule has 1 N–H and O–H groups in total. The van der Waals surface area contributed by atoms with Crippen molar-refractivity contribution in [3.63, 3.8) is 0 Å². The summed E-state index contributed by atoms with van der Waals surface area (Å²) < 4.78 is 1.89. The second-order valence-corrected chi connectivity index (χ2v) is 5.33. The van der Waals surface area contributed by atoms with E-state index in [4.69, 9.17) is 0 Å². The maximum atomic E-state index is 12.0. The predicted molar refractivity (Wildman–Crippen MR) is 72.8 cm³/mol. The lowest BCUT2D eigenvalue weighted by atomic mass is 9.98. The van der Waals surface area contributed by atoms with Crippen LogP contribution in [0, 0.1) is 5.92 Å². The van der Waals surface area contributed by atoms with Crippen molar-refractivity contribution in [1.82, 2.24) is 14.5 Å². The molecule has 2 aromatic rings. The van der Waals surface area contributed by atoms with E-state index < -0.39 is 0 Å². The fourth-order valence-corrected chi connectivity index (χ4v) is 2.97. The number of H-pyrrole nitrogens is 1. The number of hydrogen-bond acceptors (Lipinski definition) is 2. The molecule has 1 fully saturated rings. The van der Waals surface area contributed by atoms with Gasteiger partial charge in [0.2, 0.25) is 0 Å².